The summed E-state index contributed by atoms with van der Waals surface area (Å²) < 4.78 is 10.3. The summed E-state index contributed by atoms with van der Waals surface area (Å²) in [5.74, 6) is 0.718. The summed E-state index contributed by atoms with van der Waals surface area (Å²) in [6, 6.07) is 0. The van der Waals surface area contributed by atoms with Gasteiger partial charge in [-0.15, -0.1) is 24.0 Å². The van der Waals surface area contributed by atoms with Gasteiger partial charge in [0.05, 0.1) is 12.5 Å². The van der Waals surface area contributed by atoms with Gasteiger partial charge in [0.2, 0.25) is 0 Å². The van der Waals surface area contributed by atoms with Crippen molar-refractivity contribution in [3.63, 3.8) is 0 Å². The second-order valence-corrected chi connectivity index (χ2v) is 7.27. The summed E-state index contributed by atoms with van der Waals surface area (Å²) in [6.07, 6.45) is 1.92. The van der Waals surface area contributed by atoms with Crippen LogP contribution in [0.15, 0.2) is 4.99 Å². The molecule has 8 nitrogen and oxygen atoms in total. The van der Waals surface area contributed by atoms with E-state index in [1.165, 1.54) is 0 Å². The molecule has 9 heteroatoms. The van der Waals surface area contributed by atoms with E-state index in [1.54, 1.807) is 7.05 Å². The molecule has 1 amide bonds. The number of halogens is 1. The van der Waals surface area contributed by atoms with E-state index in [9.17, 15) is 9.59 Å². The van der Waals surface area contributed by atoms with Gasteiger partial charge < -0.3 is 25.0 Å². The molecule has 1 heterocycles. The number of aliphatic imine (C=N–C) groups is 1. The average Bonchev–Trinajstić information content (AvgIpc) is 2.57. The summed E-state index contributed by atoms with van der Waals surface area (Å²) in [4.78, 5) is 29.8. The van der Waals surface area contributed by atoms with E-state index >= 15 is 0 Å². The molecular formula is C18H35IN4O4. The number of hydrogen-bond acceptors (Lipinski definition) is 5. The smallest absolute Gasteiger partial charge is 0.407 e. The Bertz CT molecular complexity index is 486. The Morgan fingerprint density at radius 1 is 1.15 bits per heavy atom. The number of esters is 1. The number of amides is 1. The molecule has 2 N–H and O–H groups in total. The molecule has 0 aromatic heterocycles. The van der Waals surface area contributed by atoms with E-state index in [1.807, 2.05) is 27.7 Å². The first-order chi connectivity index (χ1) is 12.3. The molecule has 0 unspecified atom stereocenters. The lowest BCUT2D eigenvalue weighted by Crippen LogP contribution is -2.47. The van der Waals surface area contributed by atoms with Crippen LogP contribution in [0.2, 0.25) is 0 Å². The minimum atomic E-state index is -0.486. The molecule has 1 aliphatic heterocycles. The lowest BCUT2D eigenvalue weighted by atomic mass is 9.97. The van der Waals surface area contributed by atoms with E-state index in [0.29, 0.717) is 19.7 Å². The molecule has 0 saturated carbocycles. The number of nitrogens with one attached hydrogen (secondary N) is 2. The van der Waals surface area contributed by atoms with Crippen molar-refractivity contribution >= 4 is 42.0 Å². The summed E-state index contributed by atoms with van der Waals surface area (Å²) in [5, 5.41) is 6.03. The summed E-state index contributed by atoms with van der Waals surface area (Å²) in [7, 11) is 1.75. The highest BCUT2D eigenvalue weighted by molar-refractivity contribution is 14.0. The molecular weight excluding hydrogens is 463 g/mol. The third kappa shape index (κ3) is 10.6. The molecule has 1 saturated heterocycles. The van der Waals surface area contributed by atoms with E-state index in [4.69, 9.17) is 9.47 Å². The highest BCUT2D eigenvalue weighted by Gasteiger charge is 2.27. The van der Waals surface area contributed by atoms with Gasteiger partial charge in [-0.2, -0.15) is 0 Å². The molecule has 1 aliphatic rings. The first kappa shape index (κ1) is 25.7. The van der Waals surface area contributed by atoms with Crippen LogP contribution in [0, 0.1) is 5.92 Å². The molecule has 0 bridgehead atoms. The number of ether oxygens (including phenoxy) is 2. The normalized spacial score (nSPS) is 15.6. The molecule has 1 rings (SSSR count). The van der Waals surface area contributed by atoms with Crippen molar-refractivity contribution in [1.82, 2.24) is 15.5 Å². The van der Waals surface area contributed by atoms with Crippen LogP contribution < -0.4 is 10.6 Å². The fourth-order valence-electron chi connectivity index (χ4n) is 2.71. The molecule has 158 valence electrons. The third-order valence-corrected chi connectivity index (χ3v) is 3.93. The Morgan fingerprint density at radius 2 is 1.74 bits per heavy atom. The molecule has 0 aliphatic carbocycles. The van der Waals surface area contributed by atoms with Gasteiger partial charge in [-0.1, -0.05) is 0 Å². The summed E-state index contributed by atoms with van der Waals surface area (Å²) in [6.45, 7) is 10.6. The highest BCUT2D eigenvalue weighted by atomic mass is 127. The molecule has 0 aromatic rings. The molecule has 0 aromatic carbocycles. The first-order valence-corrected chi connectivity index (χ1v) is 9.36. The predicted molar refractivity (Wildman–Crippen MR) is 117 cm³/mol. The monoisotopic (exact) mass is 498 g/mol. The zero-order chi connectivity index (χ0) is 19.6. The van der Waals surface area contributed by atoms with Crippen molar-refractivity contribution in [2.24, 2.45) is 10.9 Å². The van der Waals surface area contributed by atoms with E-state index in [0.717, 1.165) is 38.3 Å². The average molecular weight is 498 g/mol. The number of piperidine rings is 1. The van der Waals surface area contributed by atoms with Crippen molar-refractivity contribution in [3.05, 3.63) is 0 Å². The minimum absolute atomic E-state index is 0. The standard InChI is InChI=1S/C18H34N4O4.HI/c1-6-25-15(23)14-8-12-22(13-9-14)16(19-5)20-10-7-11-21-17(24)26-18(2,3)4;/h14H,6-13H2,1-5H3,(H,19,20)(H,21,24);1H. The summed E-state index contributed by atoms with van der Waals surface area (Å²) in [5.41, 5.74) is -0.486. The van der Waals surface area contributed by atoms with Crippen LogP contribution in [0.25, 0.3) is 0 Å². The second-order valence-electron chi connectivity index (χ2n) is 7.27. The van der Waals surface area contributed by atoms with Crippen molar-refractivity contribution in [2.45, 2.75) is 52.6 Å². The third-order valence-electron chi connectivity index (χ3n) is 3.93. The molecule has 0 radical (unpaired) electrons. The molecule has 0 spiro atoms. The van der Waals surface area contributed by atoms with Crippen LogP contribution in [0.3, 0.4) is 0 Å². The lowest BCUT2D eigenvalue weighted by molar-refractivity contribution is -0.149. The number of rotatable bonds is 6. The molecule has 0 atom stereocenters. The highest BCUT2D eigenvalue weighted by Crippen LogP contribution is 2.18. The van der Waals surface area contributed by atoms with Crippen LogP contribution >= 0.6 is 24.0 Å². The lowest BCUT2D eigenvalue weighted by Gasteiger charge is -2.33. The number of hydrogen-bond donors (Lipinski definition) is 2. The number of alkyl carbamates (subject to hydrolysis) is 1. The SMILES string of the molecule is CCOC(=O)C1CCN(C(=NC)NCCCNC(=O)OC(C)(C)C)CC1.I. The van der Waals surface area contributed by atoms with Crippen LogP contribution in [0.1, 0.15) is 47.0 Å². The van der Waals surface area contributed by atoms with E-state index < -0.39 is 11.7 Å². The topological polar surface area (TPSA) is 92.3 Å². The van der Waals surface area contributed by atoms with E-state index in [2.05, 4.69) is 20.5 Å². The maximum absolute atomic E-state index is 11.8. The summed E-state index contributed by atoms with van der Waals surface area (Å²) >= 11 is 0. The van der Waals surface area contributed by atoms with Crippen molar-refractivity contribution in [2.75, 3.05) is 39.8 Å². The quantitative estimate of drug-likeness (QED) is 0.192. The number of nitrogens with zero attached hydrogens (tertiary/aromatic N) is 2. The number of carbonyl (C=O) groups is 2. The molecule has 27 heavy (non-hydrogen) atoms. The van der Waals surface area contributed by atoms with Crippen LogP contribution in [-0.4, -0.2) is 68.4 Å². The van der Waals surface area contributed by atoms with Gasteiger partial charge in [0.25, 0.3) is 0 Å². The fourth-order valence-corrected chi connectivity index (χ4v) is 2.71. The van der Waals surface area contributed by atoms with Crippen LogP contribution in [-0.2, 0) is 14.3 Å². The number of guanidine groups is 1. The zero-order valence-electron chi connectivity index (χ0n) is 17.2. The number of likely N-dealkylation sites (tertiary alicyclic amines) is 1. The van der Waals surface area contributed by atoms with Crippen molar-refractivity contribution in [1.29, 1.82) is 0 Å². The zero-order valence-corrected chi connectivity index (χ0v) is 19.5. The first-order valence-electron chi connectivity index (χ1n) is 9.36. The van der Waals surface area contributed by atoms with Crippen LogP contribution in [0.5, 0.6) is 0 Å². The van der Waals surface area contributed by atoms with Crippen molar-refractivity contribution < 1.29 is 19.1 Å². The molecule has 1 fully saturated rings. The Morgan fingerprint density at radius 3 is 2.26 bits per heavy atom. The van der Waals surface area contributed by atoms with Gasteiger partial charge in [-0.05, 0) is 47.0 Å². The Kier molecular flexibility index (Phi) is 12.4. The van der Waals surface area contributed by atoms with Crippen LogP contribution in [0.4, 0.5) is 4.79 Å². The van der Waals surface area contributed by atoms with E-state index in [-0.39, 0.29) is 35.9 Å². The van der Waals surface area contributed by atoms with Gasteiger partial charge in [0.15, 0.2) is 5.96 Å². The maximum Gasteiger partial charge on any atom is 0.407 e. The Balaban J connectivity index is 0.00000676. The Labute approximate surface area is 179 Å². The predicted octanol–water partition coefficient (Wildman–Crippen LogP) is 2.37. The number of carbonyl (C=O) groups excluding carboxylic acids is 2. The largest absolute Gasteiger partial charge is 0.466 e. The Hall–Kier alpha value is -1.26. The van der Waals surface area contributed by atoms with Crippen molar-refractivity contribution in [3.8, 4) is 0 Å². The van der Waals surface area contributed by atoms with Gasteiger partial charge in [0, 0.05) is 33.2 Å². The van der Waals surface area contributed by atoms with Gasteiger partial charge in [-0.25, -0.2) is 4.79 Å². The maximum atomic E-state index is 11.8. The minimum Gasteiger partial charge on any atom is -0.466 e. The fraction of sp³-hybridized carbons (Fsp3) is 0.833. The van der Waals surface area contributed by atoms with Gasteiger partial charge in [0.1, 0.15) is 5.60 Å². The second kappa shape index (κ2) is 13.0. The van der Waals surface area contributed by atoms with Gasteiger partial charge >= 0.3 is 12.1 Å². The van der Waals surface area contributed by atoms with Gasteiger partial charge in [-0.3, -0.25) is 9.79 Å².